The Labute approximate surface area is 150 Å². The molecule has 1 aliphatic rings. The monoisotopic (exact) mass is 339 g/mol. The van der Waals surface area contributed by atoms with Crippen LogP contribution in [0.1, 0.15) is 38.2 Å². The van der Waals surface area contributed by atoms with Crippen LogP contribution in [0.5, 0.6) is 0 Å². The molecule has 0 spiro atoms. The minimum Gasteiger partial charge on any atom is -0.357 e. The summed E-state index contributed by atoms with van der Waals surface area (Å²) in [6.07, 6.45) is 10.1. The van der Waals surface area contributed by atoms with Crippen molar-refractivity contribution < 1.29 is 0 Å². The largest absolute Gasteiger partial charge is 0.357 e. The summed E-state index contributed by atoms with van der Waals surface area (Å²) in [6.45, 7) is 4.81. The van der Waals surface area contributed by atoms with Crippen LogP contribution in [0.4, 0.5) is 0 Å². The lowest BCUT2D eigenvalue weighted by atomic mass is 10.1. The summed E-state index contributed by atoms with van der Waals surface area (Å²) in [6, 6.07) is 10.5. The van der Waals surface area contributed by atoms with E-state index >= 15 is 0 Å². The number of aromatic nitrogens is 2. The highest BCUT2D eigenvalue weighted by Gasteiger charge is 2.19. The summed E-state index contributed by atoms with van der Waals surface area (Å²) < 4.78 is 1.87. The second-order valence-corrected chi connectivity index (χ2v) is 6.64. The molecule has 1 aliphatic carbocycles. The Morgan fingerprint density at radius 2 is 2.08 bits per heavy atom. The Morgan fingerprint density at radius 1 is 1.24 bits per heavy atom. The third kappa shape index (κ3) is 5.93. The summed E-state index contributed by atoms with van der Waals surface area (Å²) in [5, 5.41) is 11.0. The van der Waals surface area contributed by atoms with Crippen LogP contribution in [-0.2, 0) is 6.42 Å². The van der Waals surface area contributed by atoms with Crippen LogP contribution in [-0.4, -0.2) is 35.4 Å². The molecule has 5 nitrogen and oxygen atoms in total. The van der Waals surface area contributed by atoms with Gasteiger partial charge in [0.2, 0.25) is 0 Å². The fourth-order valence-corrected chi connectivity index (χ4v) is 2.88. The molecule has 2 N–H and O–H groups in total. The van der Waals surface area contributed by atoms with Crippen LogP contribution in [0.2, 0.25) is 0 Å². The molecule has 5 heteroatoms. The summed E-state index contributed by atoms with van der Waals surface area (Å²) in [7, 11) is 0. The van der Waals surface area contributed by atoms with Crippen LogP contribution in [0.25, 0.3) is 5.69 Å². The molecular formula is C20H29N5. The van der Waals surface area contributed by atoms with Gasteiger partial charge in [-0.2, -0.15) is 5.10 Å². The molecule has 3 rings (SSSR count). The van der Waals surface area contributed by atoms with Gasteiger partial charge in [0.05, 0.1) is 5.69 Å². The van der Waals surface area contributed by atoms with Gasteiger partial charge in [-0.1, -0.05) is 25.0 Å². The maximum absolute atomic E-state index is 4.68. The van der Waals surface area contributed by atoms with Crippen molar-refractivity contribution >= 4 is 5.96 Å². The van der Waals surface area contributed by atoms with Crippen molar-refractivity contribution in [3.63, 3.8) is 0 Å². The zero-order valence-electron chi connectivity index (χ0n) is 15.1. The predicted molar refractivity (Wildman–Crippen MR) is 103 cm³/mol. The van der Waals surface area contributed by atoms with Crippen molar-refractivity contribution in [1.29, 1.82) is 0 Å². The molecule has 1 fully saturated rings. The maximum Gasteiger partial charge on any atom is 0.191 e. The lowest BCUT2D eigenvalue weighted by molar-refractivity contribution is 0.670. The van der Waals surface area contributed by atoms with E-state index in [0.29, 0.717) is 0 Å². The Kier molecular flexibility index (Phi) is 6.48. The zero-order chi connectivity index (χ0) is 17.3. The SMILES string of the molecule is CCNC(=NCCCC1CC1)NCCc1ccc(-n2cccn2)cc1. The van der Waals surface area contributed by atoms with E-state index in [0.717, 1.165) is 43.6 Å². The number of hydrogen-bond donors (Lipinski definition) is 2. The van der Waals surface area contributed by atoms with E-state index in [-0.39, 0.29) is 0 Å². The molecule has 1 aromatic carbocycles. The fraction of sp³-hybridized carbons (Fsp3) is 0.500. The second kappa shape index (κ2) is 9.25. The molecule has 1 aromatic heterocycles. The van der Waals surface area contributed by atoms with Crippen LogP contribution >= 0.6 is 0 Å². The number of guanidine groups is 1. The highest BCUT2D eigenvalue weighted by Crippen LogP contribution is 2.33. The van der Waals surface area contributed by atoms with Crippen LogP contribution in [0.3, 0.4) is 0 Å². The molecule has 0 saturated heterocycles. The van der Waals surface area contributed by atoms with Crippen molar-refractivity contribution in [3.8, 4) is 5.69 Å². The van der Waals surface area contributed by atoms with E-state index in [2.05, 4.69) is 51.9 Å². The Morgan fingerprint density at radius 3 is 2.76 bits per heavy atom. The van der Waals surface area contributed by atoms with Crippen LogP contribution in [0.15, 0.2) is 47.7 Å². The summed E-state index contributed by atoms with van der Waals surface area (Å²) in [5.74, 6) is 1.93. The number of rotatable bonds is 9. The molecule has 2 aromatic rings. The van der Waals surface area contributed by atoms with Crippen molar-refractivity contribution in [2.24, 2.45) is 10.9 Å². The number of hydrogen-bond acceptors (Lipinski definition) is 2. The third-order valence-electron chi connectivity index (χ3n) is 4.49. The minimum atomic E-state index is 0.884. The van der Waals surface area contributed by atoms with Gasteiger partial charge < -0.3 is 10.6 Å². The van der Waals surface area contributed by atoms with Crippen molar-refractivity contribution in [2.75, 3.05) is 19.6 Å². The minimum absolute atomic E-state index is 0.884. The predicted octanol–water partition coefficient (Wildman–Crippen LogP) is 3.16. The van der Waals surface area contributed by atoms with Gasteiger partial charge >= 0.3 is 0 Å². The van der Waals surface area contributed by atoms with Gasteiger partial charge in [-0.3, -0.25) is 4.99 Å². The second-order valence-electron chi connectivity index (χ2n) is 6.64. The molecular weight excluding hydrogens is 310 g/mol. The van der Waals surface area contributed by atoms with Crippen molar-refractivity contribution in [2.45, 2.75) is 39.0 Å². The van der Waals surface area contributed by atoms with E-state index < -0.39 is 0 Å². The van der Waals surface area contributed by atoms with E-state index in [1.165, 1.54) is 31.2 Å². The molecule has 1 heterocycles. The van der Waals surface area contributed by atoms with Crippen molar-refractivity contribution in [3.05, 3.63) is 48.3 Å². The average Bonchev–Trinajstić information content (AvgIpc) is 3.30. The molecule has 134 valence electrons. The smallest absolute Gasteiger partial charge is 0.191 e. The molecule has 0 radical (unpaired) electrons. The lowest BCUT2D eigenvalue weighted by Gasteiger charge is -2.11. The summed E-state index contributed by atoms with van der Waals surface area (Å²) >= 11 is 0. The highest BCUT2D eigenvalue weighted by molar-refractivity contribution is 5.79. The normalized spacial score (nSPS) is 14.5. The van der Waals surface area contributed by atoms with Gasteiger partial charge in [-0.25, -0.2) is 4.68 Å². The third-order valence-corrected chi connectivity index (χ3v) is 4.49. The van der Waals surface area contributed by atoms with Gasteiger partial charge in [0.25, 0.3) is 0 Å². The first-order valence-electron chi connectivity index (χ1n) is 9.46. The van der Waals surface area contributed by atoms with Gasteiger partial charge in [0.15, 0.2) is 5.96 Å². The maximum atomic E-state index is 4.68. The molecule has 0 aliphatic heterocycles. The van der Waals surface area contributed by atoms with Gasteiger partial charge in [0.1, 0.15) is 0 Å². The quantitative estimate of drug-likeness (QED) is 0.419. The van der Waals surface area contributed by atoms with E-state index in [9.17, 15) is 0 Å². The molecule has 1 saturated carbocycles. The Hall–Kier alpha value is -2.30. The van der Waals surface area contributed by atoms with Gasteiger partial charge in [-0.05, 0) is 55.9 Å². The molecule has 0 unspecified atom stereocenters. The first-order valence-corrected chi connectivity index (χ1v) is 9.46. The highest BCUT2D eigenvalue weighted by atomic mass is 15.3. The Balaban J connectivity index is 1.42. The average molecular weight is 339 g/mol. The first kappa shape index (κ1) is 17.5. The molecule has 0 bridgehead atoms. The summed E-state index contributed by atoms with van der Waals surface area (Å²) in [5.41, 5.74) is 2.40. The fourth-order valence-electron chi connectivity index (χ4n) is 2.88. The first-order chi connectivity index (χ1) is 12.3. The van der Waals surface area contributed by atoms with E-state index in [1.807, 2.05) is 16.9 Å². The van der Waals surface area contributed by atoms with E-state index in [4.69, 9.17) is 0 Å². The number of aliphatic imine (C=N–C) groups is 1. The number of nitrogens with zero attached hydrogens (tertiary/aromatic N) is 3. The van der Waals surface area contributed by atoms with Gasteiger partial charge in [0, 0.05) is 32.0 Å². The molecule has 0 atom stereocenters. The molecule has 0 amide bonds. The zero-order valence-corrected chi connectivity index (χ0v) is 15.1. The van der Waals surface area contributed by atoms with Crippen LogP contribution < -0.4 is 10.6 Å². The topological polar surface area (TPSA) is 54.2 Å². The summed E-state index contributed by atoms with van der Waals surface area (Å²) in [4.78, 5) is 4.68. The van der Waals surface area contributed by atoms with Crippen LogP contribution in [0, 0.1) is 5.92 Å². The number of benzene rings is 1. The van der Waals surface area contributed by atoms with Crippen molar-refractivity contribution in [1.82, 2.24) is 20.4 Å². The van der Waals surface area contributed by atoms with Gasteiger partial charge in [-0.15, -0.1) is 0 Å². The lowest BCUT2D eigenvalue weighted by Crippen LogP contribution is -2.38. The Bertz CT molecular complexity index is 641. The number of nitrogens with one attached hydrogen (secondary N) is 2. The van der Waals surface area contributed by atoms with E-state index in [1.54, 1.807) is 6.20 Å². The standard InChI is InChI=1S/C20H29N5/c1-2-21-20(22-13-3-5-17-6-7-17)23-15-12-18-8-10-19(11-9-18)25-16-4-14-24-25/h4,8-11,14,16-17H,2-3,5-7,12-13,15H2,1H3,(H2,21,22,23). The molecule has 25 heavy (non-hydrogen) atoms.